The van der Waals surface area contributed by atoms with E-state index >= 15 is 0 Å². The predicted octanol–water partition coefficient (Wildman–Crippen LogP) is 12.9. The number of aromatic hydroxyl groups is 1. The van der Waals surface area contributed by atoms with E-state index in [4.69, 9.17) is 4.74 Å². The maximum Gasteiger partial charge on any atom is 0.320 e. The first-order valence-corrected chi connectivity index (χ1v) is 20.3. The number of aliphatic carboxylic acids is 1. The third-order valence-corrected chi connectivity index (χ3v) is 9.93. The second-order valence-corrected chi connectivity index (χ2v) is 15.7. The van der Waals surface area contributed by atoms with Gasteiger partial charge in [0.25, 0.3) is 0 Å². The Morgan fingerprint density at radius 3 is 1.31 bits per heavy atom. The minimum atomic E-state index is -1.24. The second kappa shape index (κ2) is 27.7. The molecule has 0 aliphatic carbocycles. The topological polar surface area (TPSA) is 83.8 Å². The quantitative estimate of drug-likeness (QED) is 0.0466. The summed E-state index contributed by atoms with van der Waals surface area (Å²) < 4.78 is 5.37. The van der Waals surface area contributed by atoms with Crippen LogP contribution in [0.15, 0.2) is 12.1 Å². The normalized spacial score (nSPS) is 12.4. The molecule has 5 nitrogen and oxygen atoms in total. The van der Waals surface area contributed by atoms with Crippen molar-refractivity contribution in [1.82, 2.24) is 0 Å². The molecule has 1 unspecified atom stereocenters. The standard InChI is InChI=1S/C43H76O5/c1-6-7-8-9-10-11-12-13-14-15-16-17-18-19-20-21-22-23-24-25-26-27-28-29-30-31-32-48-42(47)38(41(45)46)34-37-33-36(2)40(44)39(35-37)43(3,4)5/h33,35,38,44H,6-32,34H2,1-5H3,(H,45,46). The SMILES string of the molecule is CCCCCCCCCCCCCCCCCCCCCCCCCCCCOC(=O)C(Cc1cc(C)c(O)c(C(C)(C)C)c1)C(=O)O. The highest BCUT2D eigenvalue weighted by atomic mass is 16.5. The van der Waals surface area contributed by atoms with Crippen molar-refractivity contribution in [2.24, 2.45) is 5.92 Å². The highest BCUT2D eigenvalue weighted by Crippen LogP contribution is 2.34. The molecule has 5 heteroatoms. The highest BCUT2D eigenvalue weighted by molar-refractivity contribution is 5.94. The number of carboxylic acid groups (broad SMARTS) is 1. The average Bonchev–Trinajstić information content (AvgIpc) is 3.03. The van der Waals surface area contributed by atoms with Gasteiger partial charge in [-0.15, -0.1) is 0 Å². The van der Waals surface area contributed by atoms with Crippen LogP contribution in [0.2, 0.25) is 0 Å². The minimum absolute atomic E-state index is 0.0534. The summed E-state index contributed by atoms with van der Waals surface area (Å²) in [6.45, 7) is 10.3. The maximum atomic E-state index is 12.6. The van der Waals surface area contributed by atoms with E-state index in [-0.39, 0.29) is 24.2 Å². The van der Waals surface area contributed by atoms with Crippen molar-refractivity contribution in [2.45, 2.75) is 213 Å². The van der Waals surface area contributed by atoms with Crippen LogP contribution < -0.4 is 0 Å². The van der Waals surface area contributed by atoms with Crippen LogP contribution in [0.4, 0.5) is 0 Å². The Morgan fingerprint density at radius 1 is 0.625 bits per heavy atom. The molecule has 0 aromatic heterocycles. The van der Waals surface area contributed by atoms with Gasteiger partial charge < -0.3 is 14.9 Å². The van der Waals surface area contributed by atoms with E-state index in [1.807, 2.05) is 26.8 Å². The number of ether oxygens (including phenoxy) is 1. The van der Waals surface area contributed by atoms with Gasteiger partial charge in [-0.2, -0.15) is 0 Å². The van der Waals surface area contributed by atoms with E-state index in [1.54, 1.807) is 13.0 Å². The Kier molecular flexibility index (Phi) is 25.4. The Bertz CT molecular complexity index is 963. The third-order valence-electron chi connectivity index (χ3n) is 9.93. The number of esters is 1. The molecule has 0 aliphatic heterocycles. The van der Waals surface area contributed by atoms with Crippen molar-refractivity contribution in [2.75, 3.05) is 6.61 Å². The van der Waals surface area contributed by atoms with Crippen LogP contribution in [0.25, 0.3) is 0 Å². The zero-order chi connectivity index (χ0) is 35.5. The molecule has 48 heavy (non-hydrogen) atoms. The summed E-state index contributed by atoms with van der Waals surface area (Å²) in [7, 11) is 0. The van der Waals surface area contributed by atoms with Crippen LogP contribution >= 0.6 is 0 Å². The summed E-state index contributed by atoms with van der Waals surface area (Å²) in [5.74, 6) is -2.87. The zero-order valence-electron chi connectivity index (χ0n) is 32.2. The second-order valence-electron chi connectivity index (χ2n) is 15.7. The van der Waals surface area contributed by atoms with Crippen LogP contribution in [0.5, 0.6) is 5.75 Å². The van der Waals surface area contributed by atoms with Crippen molar-refractivity contribution < 1.29 is 24.5 Å². The van der Waals surface area contributed by atoms with E-state index in [9.17, 15) is 19.8 Å². The fraction of sp³-hybridized carbons (Fsp3) is 0.814. The van der Waals surface area contributed by atoms with Crippen LogP contribution in [-0.2, 0) is 26.2 Å². The number of unbranched alkanes of at least 4 members (excludes halogenated alkanes) is 25. The van der Waals surface area contributed by atoms with Crippen LogP contribution in [0, 0.1) is 12.8 Å². The Morgan fingerprint density at radius 2 is 0.979 bits per heavy atom. The number of rotatable bonds is 31. The summed E-state index contributed by atoms with van der Waals surface area (Å²) in [5, 5.41) is 20.2. The molecule has 0 heterocycles. The molecule has 1 aromatic carbocycles. The van der Waals surface area contributed by atoms with Crippen molar-refractivity contribution in [3.8, 4) is 5.75 Å². The largest absolute Gasteiger partial charge is 0.507 e. The third kappa shape index (κ3) is 21.8. The summed E-state index contributed by atoms with van der Waals surface area (Å²) >= 11 is 0. The van der Waals surface area contributed by atoms with Gasteiger partial charge in [0, 0.05) is 0 Å². The summed E-state index contributed by atoms with van der Waals surface area (Å²) in [6, 6.07) is 3.57. The molecule has 2 N–H and O–H groups in total. The molecule has 0 spiro atoms. The molecule has 278 valence electrons. The number of carboxylic acids is 1. The van der Waals surface area contributed by atoms with E-state index in [0.717, 1.165) is 30.4 Å². The number of phenols is 1. The van der Waals surface area contributed by atoms with Crippen molar-refractivity contribution in [3.63, 3.8) is 0 Å². The molecule has 0 aliphatic rings. The van der Waals surface area contributed by atoms with Gasteiger partial charge in [-0.05, 0) is 41.9 Å². The monoisotopic (exact) mass is 673 g/mol. The fourth-order valence-corrected chi connectivity index (χ4v) is 6.74. The zero-order valence-corrected chi connectivity index (χ0v) is 32.2. The van der Waals surface area contributed by atoms with Crippen LogP contribution in [-0.4, -0.2) is 28.8 Å². The molecular formula is C43H76O5. The summed E-state index contributed by atoms with van der Waals surface area (Å²) in [6.07, 6.45) is 35.1. The van der Waals surface area contributed by atoms with Crippen LogP contribution in [0.3, 0.4) is 0 Å². The molecule has 1 aromatic rings. The lowest BCUT2D eigenvalue weighted by Gasteiger charge is -2.23. The van der Waals surface area contributed by atoms with Crippen LogP contribution in [0.1, 0.15) is 211 Å². The van der Waals surface area contributed by atoms with Gasteiger partial charge in [0.05, 0.1) is 6.61 Å². The van der Waals surface area contributed by atoms with Gasteiger partial charge in [-0.3, -0.25) is 9.59 Å². The highest BCUT2D eigenvalue weighted by Gasteiger charge is 2.29. The lowest BCUT2D eigenvalue weighted by molar-refractivity contribution is -0.158. The summed E-state index contributed by atoms with van der Waals surface area (Å²) in [5.41, 5.74) is 1.86. The number of hydrogen-bond acceptors (Lipinski definition) is 4. The van der Waals surface area contributed by atoms with E-state index in [1.165, 1.54) is 148 Å². The molecule has 1 rings (SSSR count). The van der Waals surface area contributed by atoms with Gasteiger partial charge in [0.1, 0.15) is 5.75 Å². The van der Waals surface area contributed by atoms with Gasteiger partial charge >= 0.3 is 11.9 Å². The molecule has 0 saturated carbocycles. The number of hydrogen-bond donors (Lipinski definition) is 2. The van der Waals surface area contributed by atoms with Gasteiger partial charge in [-0.25, -0.2) is 0 Å². The smallest absolute Gasteiger partial charge is 0.320 e. The van der Waals surface area contributed by atoms with Crippen molar-refractivity contribution in [3.05, 3.63) is 28.8 Å². The lowest BCUT2D eigenvalue weighted by Crippen LogP contribution is -2.28. The average molecular weight is 673 g/mol. The molecule has 0 bridgehead atoms. The van der Waals surface area contributed by atoms with Crippen molar-refractivity contribution >= 4 is 11.9 Å². The van der Waals surface area contributed by atoms with Gasteiger partial charge in [-0.1, -0.05) is 200 Å². The molecule has 0 saturated heterocycles. The molecular weight excluding hydrogens is 596 g/mol. The lowest BCUT2D eigenvalue weighted by atomic mass is 9.83. The Balaban J connectivity index is 1.95. The maximum absolute atomic E-state index is 12.6. The minimum Gasteiger partial charge on any atom is -0.507 e. The first-order valence-electron chi connectivity index (χ1n) is 20.3. The molecule has 0 amide bonds. The van der Waals surface area contributed by atoms with Gasteiger partial charge in [0.15, 0.2) is 5.92 Å². The Hall–Kier alpha value is -2.04. The Labute approximate surface area is 296 Å². The van der Waals surface area contributed by atoms with E-state index < -0.39 is 17.9 Å². The predicted molar refractivity (Wildman–Crippen MR) is 203 cm³/mol. The fourth-order valence-electron chi connectivity index (χ4n) is 6.74. The number of carbonyl (C=O) groups excluding carboxylic acids is 1. The number of carbonyl (C=O) groups is 2. The number of benzene rings is 1. The molecule has 1 atom stereocenters. The first-order chi connectivity index (χ1) is 23.1. The summed E-state index contributed by atoms with van der Waals surface area (Å²) in [4.78, 5) is 24.5. The first kappa shape index (κ1) is 44.0. The van der Waals surface area contributed by atoms with E-state index in [2.05, 4.69) is 6.92 Å². The number of aryl methyl sites for hydroxylation is 1. The van der Waals surface area contributed by atoms with Crippen molar-refractivity contribution in [1.29, 1.82) is 0 Å². The van der Waals surface area contributed by atoms with Gasteiger partial charge in [0.2, 0.25) is 0 Å². The van der Waals surface area contributed by atoms with E-state index in [0.29, 0.717) is 5.56 Å². The molecule has 0 radical (unpaired) electrons. The molecule has 0 fully saturated rings. The number of phenolic OH excluding ortho intramolecular Hbond substituents is 1.